The van der Waals surface area contributed by atoms with Crippen LogP contribution in [0.4, 0.5) is 0 Å². The molecule has 0 spiro atoms. The van der Waals surface area contributed by atoms with Crippen molar-refractivity contribution >= 4 is 40.3 Å². The van der Waals surface area contributed by atoms with Crippen molar-refractivity contribution < 1.29 is 4.79 Å². The quantitative estimate of drug-likeness (QED) is 0.387. The summed E-state index contributed by atoms with van der Waals surface area (Å²) in [5, 5.41) is 3.83. The van der Waals surface area contributed by atoms with Gasteiger partial charge in [-0.1, -0.05) is 11.8 Å². The number of carbonyl (C=O) groups excluding carboxylic acids is 1. The minimum atomic E-state index is -0.232. The van der Waals surface area contributed by atoms with Crippen LogP contribution in [0.5, 0.6) is 0 Å². The summed E-state index contributed by atoms with van der Waals surface area (Å²) in [6.07, 6.45) is 1.77. The summed E-state index contributed by atoms with van der Waals surface area (Å²) in [5.74, 6) is 5.62. The molecule has 0 atom stereocenters. The lowest BCUT2D eigenvalue weighted by Gasteiger charge is -2.00. The summed E-state index contributed by atoms with van der Waals surface area (Å²) in [6, 6.07) is 1.94. The number of carbonyl (C=O) groups is 1. The summed E-state index contributed by atoms with van der Waals surface area (Å²) in [6.45, 7) is 0. The van der Waals surface area contributed by atoms with E-state index < -0.39 is 0 Å². The number of thiophene rings is 1. The Bertz CT molecular complexity index is 466. The van der Waals surface area contributed by atoms with E-state index in [9.17, 15) is 4.79 Å². The molecule has 0 fully saturated rings. The van der Waals surface area contributed by atoms with Gasteiger partial charge < -0.3 is 0 Å². The Morgan fingerprint density at radius 1 is 1.50 bits per heavy atom. The maximum absolute atomic E-state index is 11.4. The molecule has 0 aliphatic carbocycles. The van der Waals surface area contributed by atoms with Gasteiger partial charge in [-0.25, -0.2) is 10.8 Å². The van der Waals surface area contributed by atoms with Gasteiger partial charge in [0.05, 0.1) is 4.88 Å². The Morgan fingerprint density at radius 3 is 3.06 bits per heavy atom. The second-order valence-corrected chi connectivity index (χ2v) is 5.87. The number of amides is 1. The zero-order valence-electron chi connectivity index (χ0n) is 8.17. The Hall–Kier alpha value is -0.890. The van der Waals surface area contributed by atoms with Gasteiger partial charge in [0.2, 0.25) is 0 Å². The highest BCUT2D eigenvalue weighted by Gasteiger charge is 2.12. The molecule has 1 amide bonds. The highest BCUT2D eigenvalue weighted by Crippen LogP contribution is 2.28. The van der Waals surface area contributed by atoms with Crippen molar-refractivity contribution in [2.75, 3.05) is 0 Å². The van der Waals surface area contributed by atoms with Crippen molar-refractivity contribution in [3.63, 3.8) is 0 Å². The molecule has 0 aliphatic heterocycles. The Balaban J connectivity index is 2.04. The van der Waals surface area contributed by atoms with Gasteiger partial charge in [0.1, 0.15) is 4.34 Å². The van der Waals surface area contributed by atoms with E-state index in [1.165, 1.54) is 11.3 Å². The topological polar surface area (TPSA) is 68.0 Å². The molecule has 2 aromatic rings. The second kappa shape index (κ2) is 5.44. The zero-order chi connectivity index (χ0) is 11.4. The molecule has 0 saturated carbocycles. The lowest BCUT2D eigenvalue weighted by atomic mass is 10.3. The Kier molecular flexibility index (Phi) is 3.94. The number of nitrogens with zero attached hydrogens (tertiary/aromatic N) is 1. The van der Waals surface area contributed by atoms with E-state index in [0.717, 1.165) is 15.7 Å². The standard InChI is InChI=1S/C9H9N3OS3/c10-12-8(13)7-6(1-3-14-7)5-16-9-11-2-4-15-9/h1-4H,5,10H2,(H,12,13). The second-order valence-electron chi connectivity index (χ2n) is 2.84. The largest absolute Gasteiger partial charge is 0.289 e. The van der Waals surface area contributed by atoms with Crippen LogP contribution in [-0.2, 0) is 5.75 Å². The van der Waals surface area contributed by atoms with E-state index in [1.54, 1.807) is 29.3 Å². The number of rotatable bonds is 4. The average molecular weight is 271 g/mol. The van der Waals surface area contributed by atoms with Crippen molar-refractivity contribution in [3.05, 3.63) is 33.5 Å². The minimum absolute atomic E-state index is 0.232. The van der Waals surface area contributed by atoms with Crippen molar-refractivity contribution in [1.82, 2.24) is 10.4 Å². The zero-order valence-corrected chi connectivity index (χ0v) is 10.6. The monoisotopic (exact) mass is 271 g/mol. The van der Waals surface area contributed by atoms with Crippen LogP contribution in [0, 0.1) is 0 Å². The molecule has 2 aromatic heterocycles. The lowest BCUT2D eigenvalue weighted by Crippen LogP contribution is -2.29. The molecule has 0 radical (unpaired) electrons. The van der Waals surface area contributed by atoms with Gasteiger partial charge in [-0.05, 0) is 17.0 Å². The summed E-state index contributed by atoms with van der Waals surface area (Å²) in [7, 11) is 0. The minimum Gasteiger partial charge on any atom is -0.289 e. The molecule has 7 heteroatoms. The number of hydrogen-bond acceptors (Lipinski definition) is 6. The molecular weight excluding hydrogens is 262 g/mol. The summed E-state index contributed by atoms with van der Waals surface area (Å²) in [5.41, 5.74) is 3.14. The smallest absolute Gasteiger partial charge is 0.275 e. The highest BCUT2D eigenvalue weighted by molar-refractivity contribution is 8.00. The molecule has 0 saturated heterocycles. The lowest BCUT2D eigenvalue weighted by molar-refractivity contribution is 0.0957. The highest BCUT2D eigenvalue weighted by atomic mass is 32.2. The SMILES string of the molecule is NNC(=O)c1sccc1CSc1nccs1. The van der Waals surface area contributed by atoms with Crippen LogP contribution in [0.15, 0.2) is 27.4 Å². The molecule has 4 nitrogen and oxygen atoms in total. The number of thiazole rings is 1. The first-order valence-corrected chi connectivity index (χ1v) is 7.15. The molecule has 3 N–H and O–H groups in total. The van der Waals surface area contributed by atoms with Crippen LogP contribution >= 0.6 is 34.4 Å². The Morgan fingerprint density at radius 2 is 2.38 bits per heavy atom. The fourth-order valence-corrected chi connectivity index (χ4v) is 3.68. The third kappa shape index (κ3) is 2.62. The fraction of sp³-hybridized carbons (Fsp3) is 0.111. The molecular formula is C9H9N3OS3. The number of nitrogens with one attached hydrogen (secondary N) is 1. The van der Waals surface area contributed by atoms with Crippen LogP contribution in [0.25, 0.3) is 0 Å². The van der Waals surface area contributed by atoms with E-state index in [1.807, 2.05) is 16.8 Å². The number of hydrazine groups is 1. The van der Waals surface area contributed by atoms with E-state index in [-0.39, 0.29) is 5.91 Å². The molecule has 16 heavy (non-hydrogen) atoms. The number of aromatic nitrogens is 1. The van der Waals surface area contributed by atoms with Gasteiger partial charge in [0.25, 0.3) is 5.91 Å². The summed E-state index contributed by atoms with van der Waals surface area (Å²) in [4.78, 5) is 16.3. The Labute approximate surface area is 105 Å². The number of hydrogen-bond donors (Lipinski definition) is 2. The van der Waals surface area contributed by atoms with E-state index in [0.29, 0.717) is 4.88 Å². The van der Waals surface area contributed by atoms with Gasteiger partial charge in [0.15, 0.2) is 0 Å². The molecule has 0 bridgehead atoms. The van der Waals surface area contributed by atoms with E-state index in [4.69, 9.17) is 5.84 Å². The van der Waals surface area contributed by atoms with Gasteiger partial charge >= 0.3 is 0 Å². The van der Waals surface area contributed by atoms with Crippen LogP contribution in [0.1, 0.15) is 15.2 Å². The van der Waals surface area contributed by atoms with Gasteiger partial charge in [-0.15, -0.1) is 22.7 Å². The van der Waals surface area contributed by atoms with Crippen LogP contribution in [0.2, 0.25) is 0 Å². The number of nitrogen functional groups attached to an aromatic ring is 1. The van der Waals surface area contributed by atoms with Crippen molar-refractivity contribution in [3.8, 4) is 0 Å². The van der Waals surface area contributed by atoms with Crippen LogP contribution in [-0.4, -0.2) is 10.9 Å². The van der Waals surface area contributed by atoms with Crippen molar-refractivity contribution in [2.24, 2.45) is 5.84 Å². The molecule has 0 aliphatic rings. The fourth-order valence-electron chi connectivity index (χ4n) is 1.14. The van der Waals surface area contributed by atoms with Gasteiger partial charge in [-0.3, -0.25) is 10.2 Å². The van der Waals surface area contributed by atoms with E-state index >= 15 is 0 Å². The number of thioether (sulfide) groups is 1. The van der Waals surface area contributed by atoms with Gasteiger partial charge in [-0.2, -0.15) is 0 Å². The molecule has 2 rings (SSSR count). The first-order valence-electron chi connectivity index (χ1n) is 4.41. The summed E-state index contributed by atoms with van der Waals surface area (Å²) >= 11 is 4.61. The third-order valence-corrected chi connectivity index (χ3v) is 4.82. The third-order valence-electron chi connectivity index (χ3n) is 1.84. The first kappa shape index (κ1) is 11.6. The van der Waals surface area contributed by atoms with Crippen LogP contribution < -0.4 is 11.3 Å². The molecule has 0 aromatic carbocycles. The predicted molar refractivity (Wildman–Crippen MR) is 67.6 cm³/mol. The van der Waals surface area contributed by atoms with Crippen molar-refractivity contribution in [1.29, 1.82) is 0 Å². The van der Waals surface area contributed by atoms with Crippen LogP contribution in [0.3, 0.4) is 0 Å². The maximum atomic E-state index is 11.4. The molecule has 84 valence electrons. The maximum Gasteiger partial charge on any atom is 0.275 e. The van der Waals surface area contributed by atoms with Crippen molar-refractivity contribution in [2.45, 2.75) is 10.1 Å². The number of nitrogens with two attached hydrogens (primary N) is 1. The summed E-state index contributed by atoms with van der Waals surface area (Å²) < 4.78 is 1.00. The average Bonchev–Trinajstić information content (AvgIpc) is 2.96. The molecule has 2 heterocycles. The molecule has 0 unspecified atom stereocenters. The normalized spacial score (nSPS) is 10.3. The predicted octanol–water partition coefficient (Wildman–Crippen LogP) is 2.10. The van der Waals surface area contributed by atoms with Gasteiger partial charge in [0, 0.05) is 17.3 Å². The van der Waals surface area contributed by atoms with E-state index in [2.05, 4.69) is 10.4 Å². The first-order chi connectivity index (χ1) is 7.81.